The zero-order valence-corrected chi connectivity index (χ0v) is 19.3. The van der Waals surface area contributed by atoms with Crippen molar-refractivity contribution in [3.63, 3.8) is 0 Å². The summed E-state index contributed by atoms with van der Waals surface area (Å²) in [5, 5.41) is 2.86. The lowest BCUT2D eigenvalue weighted by Crippen LogP contribution is -2.22. The standard InChI is InChI=1S/C23H21N5O5S/c1-31-15-10-12(11-16(32-2)18(15)33-3)9-14(24-21(29)13-7-5-4-6-8-13)19-25-17-20(26-19)27-23(34)28-22(17)30/h4-11H,1-3H3,(H,24,29)(H3,25,26,27,28,30,34). The van der Waals surface area contributed by atoms with Crippen LogP contribution < -0.4 is 25.1 Å². The number of ether oxygens (including phenoxy) is 3. The number of imidazole rings is 1. The average Bonchev–Trinajstić information content (AvgIpc) is 3.27. The Hall–Kier alpha value is -4.38. The molecule has 0 aliphatic heterocycles. The number of carbonyl (C=O) groups excluding carboxylic acids is 1. The van der Waals surface area contributed by atoms with Gasteiger partial charge in [-0.3, -0.25) is 14.6 Å². The lowest BCUT2D eigenvalue weighted by molar-refractivity contribution is 0.0973. The molecule has 4 rings (SSSR count). The molecule has 0 fully saturated rings. The first kappa shape index (κ1) is 22.8. The van der Waals surface area contributed by atoms with Crippen LogP contribution in [0.25, 0.3) is 22.9 Å². The Labute approximate surface area is 198 Å². The number of aromatic amines is 3. The fourth-order valence-electron chi connectivity index (χ4n) is 3.36. The van der Waals surface area contributed by atoms with Crippen molar-refractivity contribution < 1.29 is 19.0 Å². The van der Waals surface area contributed by atoms with E-state index < -0.39 is 5.56 Å². The van der Waals surface area contributed by atoms with Crippen LogP contribution in [0.2, 0.25) is 0 Å². The number of rotatable bonds is 7. The van der Waals surface area contributed by atoms with Crippen molar-refractivity contribution in [2.45, 2.75) is 0 Å². The van der Waals surface area contributed by atoms with Crippen molar-refractivity contribution in [3.8, 4) is 17.2 Å². The highest BCUT2D eigenvalue weighted by Crippen LogP contribution is 2.39. The highest BCUT2D eigenvalue weighted by Gasteiger charge is 2.17. The number of H-pyrrole nitrogens is 3. The van der Waals surface area contributed by atoms with Gasteiger partial charge >= 0.3 is 0 Å². The predicted molar refractivity (Wildman–Crippen MR) is 130 cm³/mol. The van der Waals surface area contributed by atoms with E-state index in [1.54, 1.807) is 42.5 Å². The van der Waals surface area contributed by atoms with E-state index >= 15 is 0 Å². The summed E-state index contributed by atoms with van der Waals surface area (Å²) in [5.74, 6) is 1.19. The van der Waals surface area contributed by atoms with Gasteiger partial charge in [0.25, 0.3) is 11.5 Å². The van der Waals surface area contributed by atoms with Crippen LogP contribution in [0.15, 0.2) is 47.3 Å². The van der Waals surface area contributed by atoms with Crippen molar-refractivity contribution in [1.29, 1.82) is 0 Å². The average molecular weight is 480 g/mol. The van der Waals surface area contributed by atoms with Crippen molar-refractivity contribution in [1.82, 2.24) is 25.3 Å². The molecule has 0 aliphatic carbocycles. The minimum absolute atomic E-state index is 0.138. The topological polar surface area (TPSA) is 134 Å². The number of nitrogens with zero attached hydrogens (tertiary/aromatic N) is 1. The first-order valence-corrected chi connectivity index (χ1v) is 10.4. The van der Waals surface area contributed by atoms with Gasteiger partial charge in [0.1, 0.15) is 5.52 Å². The second-order valence-electron chi connectivity index (χ2n) is 7.05. The molecular weight excluding hydrogens is 458 g/mol. The molecule has 0 bridgehead atoms. The van der Waals surface area contributed by atoms with Crippen LogP contribution in [0.3, 0.4) is 0 Å². The molecule has 0 atom stereocenters. The summed E-state index contributed by atoms with van der Waals surface area (Å²) in [5.41, 5.74) is 1.39. The van der Waals surface area contributed by atoms with Crippen molar-refractivity contribution in [3.05, 3.63) is 74.5 Å². The van der Waals surface area contributed by atoms with Crippen molar-refractivity contribution in [2.24, 2.45) is 0 Å². The van der Waals surface area contributed by atoms with Crippen LogP contribution in [-0.4, -0.2) is 47.2 Å². The monoisotopic (exact) mass is 479 g/mol. The van der Waals surface area contributed by atoms with Crippen molar-refractivity contribution >= 4 is 41.1 Å². The minimum Gasteiger partial charge on any atom is -0.493 e. The molecule has 1 amide bonds. The quantitative estimate of drug-likeness (QED) is 0.299. The molecule has 0 saturated carbocycles. The van der Waals surface area contributed by atoms with Gasteiger partial charge < -0.3 is 29.5 Å². The van der Waals surface area contributed by atoms with Crippen LogP contribution in [0.4, 0.5) is 0 Å². The number of aromatic nitrogens is 4. The summed E-state index contributed by atoms with van der Waals surface area (Å²) < 4.78 is 16.4. The van der Waals surface area contributed by atoms with E-state index in [0.29, 0.717) is 34.1 Å². The zero-order valence-electron chi connectivity index (χ0n) is 18.5. The number of nitrogens with one attached hydrogen (secondary N) is 4. The first-order chi connectivity index (χ1) is 16.4. The van der Waals surface area contributed by atoms with Gasteiger partial charge in [-0.25, -0.2) is 4.98 Å². The summed E-state index contributed by atoms with van der Waals surface area (Å²) in [7, 11) is 4.53. The SMILES string of the molecule is COc1cc(C=C(NC(=O)c2ccccc2)c2nc3[nH]c(=S)[nH]c(=O)c3[nH]2)cc(OC)c1OC. The van der Waals surface area contributed by atoms with Gasteiger partial charge in [0.05, 0.1) is 27.0 Å². The van der Waals surface area contributed by atoms with Gasteiger partial charge in [0.2, 0.25) is 5.75 Å². The number of methoxy groups -OCH3 is 3. The maximum atomic E-state index is 12.9. The Balaban J connectivity index is 1.87. The lowest BCUT2D eigenvalue weighted by atomic mass is 10.1. The van der Waals surface area contributed by atoms with Crippen LogP contribution >= 0.6 is 12.2 Å². The second-order valence-corrected chi connectivity index (χ2v) is 7.46. The highest BCUT2D eigenvalue weighted by molar-refractivity contribution is 7.71. The van der Waals surface area contributed by atoms with E-state index in [1.165, 1.54) is 21.3 Å². The fraction of sp³-hybridized carbons (Fsp3) is 0.130. The summed E-state index contributed by atoms with van der Waals surface area (Å²) in [4.78, 5) is 38.0. The summed E-state index contributed by atoms with van der Waals surface area (Å²) in [6.45, 7) is 0. The summed E-state index contributed by atoms with van der Waals surface area (Å²) in [6.07, 6.45) is 1.67. The van der Waals surface area contributed by atoms with Crippen LogP contribution in [0.1, 0.15) is 21.7 Å². The maximum absolute atomic E-state index is 12.9. The minimum atomic E-state index is -0.431. The third kappa shape index (κ3) is 4.55. The molecule has 4 N–H and O–H groups in total. The van der Waals surface area contributed by atoms with Crippen molar-refractivity contribution in [2.75, 3.05) is 21.3 Å². The second kappa shape index (κ2) is 9.63. The molecule has 11 heteroatoms. The molecule has 2 aromatic heterocycles. The molecule has 0 radical (unpaired) electrons. The van der Waals surface area contributed by atoms with Gasteiger partial charge in [0.15, 0.2) is 27.7 Å². The van der Waals surface area contributed by atoms with E-state index in [0.717, 1.165) is 0 Å². The molecule has 0 saturated heterocycles. The molecule has 0 unspecified atom stereocenters. The van der Waals surface area contributed by atoms with Gasteiger partial charge in [-0.2, -0.15) is 0 Å². The Morgan fingerprint density at radius 3 is 2.29 bits per heavy atom. The smallest absolute Gasteiger partial charge is 0.277 e. The van der Waals surface area contributed by atoms with Gasteiger partial charge in [-0.1, -0.05) is 18.2 Å². The normalized spacial score (nSPS) is 11.3. The Kier molecular flexibility index (Phi) is 6.46. The lowest BCUT2D eigenvalue weighted by Gasteiger charge is -2.14. The Bertz CT molecular complexity index is 1480. The van der Waals surface area contributed by atoms with E-state index in [2.05, 4.69) is 25.3 Å². The molecule has 0 spiro atoms. The molecule has 2 heterocycles. The molecule has 34 heavy (non-hydrogen) atoms. The first-order valence-electron chi connectivity index (χ1n) is 10.0. The molecule has 2 aromatic carbocycles. The molecule has 0 aliphatic rings. The Morgan fingerprint density at radius 1 is 1.00 bits per heavy atom. The third-order valence-corrected chi connectivity index (χ3v) is 5.13. The molecular formula is C23H21N5O5S. The predicted octanol–water partition coefficient (Wildman–Crippen LogP) is 3.26. The van der Waals surface area contributed by atoms with Crippen LogP contribution in [0, 0.1) is 4.77 Å². The third-order valence-electron chi connectivity index (χ3n) is 4.93. The number of amides is 1. The van der Waals surface area contributed by atoms with E-state index in [4.69, 9.17) is 26.4 Å². The van der Waals surface area contributed by atoms with E-state index in [1.807, 2.05) is 6.07 Å². The van der Waals surface area contributed by atoms with E-state index in [-0.39, 0.29) is 27.7 Å². The van der Waals surface area contributed by atoms with Crippen LogP contribution in [0.5, 0.6) is 17.2 Å². The number of benzene rings is 2. The maximum Gasteiger partial charge on any atom is 0.277 e. The summed E-state index contributed by atoms with van der Waals surface area (Å²) in [6, 6.07) is 12.2. The number of fused-ring (bicyclic) bond motifs is 1. The van der Waals surface area contributed by atoms with Crippen LogP contribution in [-0.2, 0) is 0 Å². The van der Waals surface area contributed by atoms with Gasteiger partial charge in [-0.05, 0) is 48.1 Å². The molecule has 10 nitrogen and oxygen atoms in total. The van der Waals surface area contributed by atoms with Gasteiger partial charge in [-0.15, -0.1) is 0 Å². The molecule has 174 valence electrons. The highest BCUT2D eigenvalue weighted by atomic mass is 32.1. The molecule has 4 aromatic rings. The van der Waals surface area contributed by atoms with E-state index in [9.17, 15) is 9.59 Å². The fourth-order valence-corrected chi connectivity index (χ4v) is 3.55. The largest absolute Gasteiger partial charge is 0.493 e. The number of carbonyl (C=O) groups is 1. The Morgan fingerprint density at radius 2 is 1.68 bits per heavy atom. The summed E-state index contributed by atoms with van der Waals surface area (Å²) >= 11 is 5.03. The van der Waals surface area contributed by atoms with Gasteiger partial charge in [0, 0.05) is 5.56 Å². The number of hydrogen-bond acceptors (Lipinski definition) is 7. The zero-order chi connectivity index (χ0) is 24.2. The number of hydrogen-bond donors (Lipinski definition) is 4.